The zero-order chi connectivity index (χ0) is 13.2. The van der Waals surface area contributed by atoms with Gasteiger partial charge in [-0.3, -0.25) is 9.78 Å². The van der Waals surface area contributed by atoms with Crippen LogP contribution in [-0.4, -0.2) is 21.0 Å². The molecule has 0 bridgehead atoms. The molecule has 0 atom stereocenters. The van der Waals surface area contributed by atoms with Crippen molar-refractivity contribution in [2.75, 3.05) is 0 Å². The van der Waals surface area contributed by atoms with Gasteiger partial charge in [-0.15, -0.1) is 11.3 Å². The molecule has 0 radical (unpaired) electrons. The first kappa shape index (κ1) is 12.7. The molecule has 1 N–H and O–H groups in total. The van der Waals surface area contributed by atoms with E-state index >= 15 is 0 Å². The van der Waals surface area contributed by atoms with Gasteiger partial charge in [-0.25, -0.2) is 4.98 Å². The third-order valence-corrected chi connectivity index (χ3v) is 3.53. The normalized spacial score (nSPS) is 11.4. The monoisotopic (exact) mass is 262 g/mol. The molecule has 0 aliphatic rings. The average molecular weight is 262 g/mol. The molecule has 0 fully saturated rings. The Labute approximate surface area is 109 Å². The predicted octanol–water partition coefficient (Wildman–Crippen LogP) is 2.86. The van der Waals surface area contributed by atoms with Gasteiger partial charge in [-0.1, -0.05) is 0 Å². The van der Waals surface area contributed by atoms with E-state index in [1.165, 1.54) is 11.3 Å². The quantitative estimate of drug-likeness (QED) is 0.920. The van der Waals surface area contributed by atoms with E-state index in [0.29, 0.717) is 6.42 Å². The van der Waals surface area contributed by atoms with Gasteiger partial charge in [-0.2, -0.15) is 0 Å². The number of thiazole rings is 1. The molecule has 4 nitrogen and oxygen atoms in total. The second-order valence-electron chi connectivity index (χ2n) is 4.73. The SMILES string of the molecule is CC(C)(Cc1nc(-c2cccnc2)cs1)C(=O)O. The largest absolute Gasteiger partial charge is 0.481 e. The first-order chi connectivity index (χ1) is 8.49. The van der Waals surface area contributed by atoms with Crippen LogP contribution in [0.2, 0.25) is 0 Å². The summed E-state index contributed by atoms with van der Waals surface area (Å²) in [6.45, 7) is 3.42. The lowest BCUT2D eigenvalue weighted by atomic mass is 9.90. The number of nitrogens with zero attached hydrogens (tertiary/aromatic N) is 2. The molecule has 0 spiro atoms. The Morgan fingerprint density at radius 3 is 2.89 bits per heavy atom. The van der Waals surface area contributed by atoms with E-state index in [2.05, 4.69) is 9.97 Å². The molecular weight excluding hydrogens is 248 g/mol. The fourth-order valence-electron chi connectivity index (χ4n) is 1.49. The maximum atomic E-state index is 11.1. The number of hydrogen-bond acceptors (Lipinski definition) is 4. The lowest BCUT2D eigenvalue weighted by molar-refractivity contribution is -0.146. The molecule has 0 aliphatic heterocycles. The molecule has 18 heavy (non-hydrogen) atoms. The van der Waals surface area contributed by atoms with E-state index < -0.39 is 11.4 Å². The number of aromatic nitrogens is 2. The van der Waals surface area contributed by atoms with Gasteiger partial charge in [0.1, 0.15) is 0 Å². The van der Waals surface area contributed by atoms with Crippen LogP contribution in [0.5, 0.6) is 0 Å². The minimum absolute atomic E-state index is 0.438. The highest BCUT2D eigenvalue weighted by atomic mass is 32.1. The molecule has 0 unspecified atom stereocenters. The van der Waals surface area contributed by atoms with Gasteiger partial charge in [0.2, 0.25) is 0 Å². The highest BCUT2D eigenvalue weighted by Crippen LogP contribution is 2.27. The van der Waals surface area contributed by atoms with Crippen molar-refractivity contribution in [2.24, 2.45) is 5.41 Å². The summed E-state index contributed by atoms with van der Waals surface area (Å²) in [5.41, 5.74) is 1.02. The number of carboxylic acid groups (broad SMARTS) is 1. The minimum atomic E-state index is -0.805. The Morgan fingerprint density at radius 1 is 1.50 bits per heavy atom. The number of carbonyl (C=O) groups is 1. The van der Waals surface area contributed by atoms with Crippen molar-refractivity contribution in [3.05, 3.63) is 34.9 Å². The van der Waals surface area contributed by atoms with Crippen LogP contribution >= 0.6 is 11.3 Å². The summed E-state index contributed by atoms with van der Waals surface area (Å²) in [5.74, 6) is -0.805. The lowest BCUT2D eigenvalue weighted by Gasteiger charge is -2.16. The van der Waals surface area contributed by atoms with Crippen LogP contribution in [0.4, 0.5) is 0 Å². The first-order valence-electron chi connectivity index (χ1n) is 5.57. The van der Waals surface area contributed by atoms with Gasteiger partial charge in [0.25, 0.3) is 0 Å². The van der Waals surface area contributed by atoms with Crippen molar-refractivity contribution in [3.8, 4) is 11.3 Å². The van der Waals surface area contributed by atoms with E-state index in [1.54, 1.807) is 26.2 Å². The van der Waals surface area contributed by atoms with Gasteiger partial charge >= 0.3 is 5.97 Å². The summed E-state index contributed by atoms with van der Waals surface area (Å²) in [5, 5.41) is 11.9. The van der Waals surface area contributed by atoms with Gasteiger partial charge in [0, 0.05) is 29.8 Å². The van der Waals surface area contributed by atoms with Crippen LogP contribution in [0.15, 0.2) is 29.9 Å². The first-order valence-corrected chi connectivity index (χ1v) is 6.45. The molecule has 0 aromatic carbocycles. The second-order valence-corrected chi connectivity index (χ2v) is 5.68. The van der Waals surface area contributed by atoms with Gasteiger partial charge in [0.05, 0.1) is 16.1 Å². The van der Waals surface area contributed by atoms with Crippen LogP contribution in [0, 0.1) is 5.41 Å². The van der Waals surface area contributed by atoms with Crippen molar-refractivity contribution in [3.63, 3.8) is 0 Å². The minimum Gasteiger partial charge on any atom is -0.481 e. The average Bonchev–Trinajstić information content (AvgIpc) is 2.78. The Morgan fingerprint density at radius 2 is 2.28 bits per heavy atom. The van der Waals surface area contributed by atoms with Crippen LogP contribution in [0.3, 0.4) is 0 Å². The molecule has 0 saturated carbocycles. The smallest absolute Gasteiger partial charge is 0.309 e. The fourth-order valence-corrected chi connectivity index (χ4v) is 2.52. The number of aliphatic carboxylic acids is 1. The number of hydrogen-bond donors (Lipinski definition) is 1. The molecule has 94 valence electrons. The molecular formula is C13H14N2O2S. The highest BCUT2D eigenvalue weighted by Gasteiger charge is 2.28. The maximum absolute atomic E-state index is 11.1. The summed E-state index contributed by atoms with van der Waals surface area (Å²) >= 11 is 1.49. The molecule has 2 rings (SSSR count). The van der Waals surface area contributed by atoms with Crippen LogP contribution in [0.25, 0.3) is 11.3 Å². The van der Waals surface area contributed by atoms with E-state index in [4.69, 9.17) is 5.11 Å². The molecule has 0 saturated heterocycles. The summed E-state index contributed by atoms with van der Waals surface area (Å²) in [6.07, 6.45) is 3.90. The Hall–Kier alpha value is -1.75. The van der Waals surface area contributed by atoms with E-state index in [-0.39, 0.29) is 0 Å². The van der Waals surface area contributed by atoms with Crippen molar-refractivity contribution < 1.29 is 9.90 Å². The third-order valence-electron chi connectivity index (χ3n) is 2.68. The van der Waals surface area contributed by atoms with Crippen LogP contribution in [-0.2, 0) is 11.2 Å². The van der Waals surface area contributed by atoms with Gasteiger partial charge < -0.3 is 5.11 Å². The van der Waals surface area contributed by atoms with Crippen molar-refractivity contribution in [1.82, 2.24) is 9.97 Å². The molecule has 2 aromatic heterocycles. The Kier molecular flexibility index (Phi) is 3.43. The number of pyridine rings is 1. The maximum Gasteiger partial charge on any atom is 0.309 e. The number of carboxylic acids is 1. The lowest BCUT2D eigenvalue weighted by Crippen LogP contribution is -2.26. The summed E-state index contributed by atoms with van der Waals surface area (Å²) in [6, 6.07) is 3.80. The van der Waals surface area contributed by atoms with Gasteiger partial charge in [0.15, 0.2) is 0 Å². The van der Waals surface area contributed by atoms with Crippen molar-refractivity contribution in [2.45, 2.75) is 20.3 Å². The molecule has 2 aromatic rings. The van der Waals surface area contributed by atoms with Crippen molar-refractivity contribution >= 4 is 17.3 Å². The Balaban J connectivity index is 2.19. The topological polar surface area (TPSA) is 63.1 Å². The fraction of sp³-hybridized carbons (Fsp3) is 0.308. The molecule has 0 amide bonds. The number of rotatable bonds is 4. The van der Waals surface area contributed by atoms with E-state index in [0.717, 1.165) is 16.3 Å². The summed E-state index contributed by atoms with van der Waals surface area (Å²) in [4.78, 5) is 19.6. The summed E-state index contributed by atoms with van der Waals surface area (Å²) < 4.78 is 0. The van der Waals surface area contributed by atoms with E-state index in [1.807, 2.05) is 17.5 Å². The molecule has 2 heterocycles. The van der Waals surface area contributed by atoms with E-state index in [9.17, 15) is 4.79 Å². The third kappa shape index (κ3) is 2.73. The standard InChI is InChI=1S/C13H14N2O2S/c1-13(2,12(16)17)6-11-15-10(8-18-11)9-4-3-5-14-7-9/h3-5,7-8H,6H2,1-2H3,(H,16,17). The molecule has 5 heteroatoms. The highest BCUT2D eigenvalue weighted by molar-refractivity contribution is 7.10. The zero-order valence-electron chi connectivity index (χ0n) is 10.3. The predicted molar refractivity (Wildman–Crippen MR) is 70.5 cm³/mol. The summed E-state index contributed by atoms with van der Waals surface area (Å²) in [7, 11) is 0. The second kappa shape index (κ2) is 4.86. The molecule has 0 aliphatic carbocycles. The van der Waals surface area contributed by atoms with Crippen molar-refractivity contribution in [1.29, 1.82) is 0 Å². The van der Waals surface area contributed by atoms with Gasteiger partial charge in [-0.05, 0) is 26.0 Å². The van der Waals surface area contributed by atoms with Crippen LogP contribution in [0.1, 0.15) is 18.9 Å². The Bertz CT molecular complexity index is 549. The van der Waals surface area contributed by atoms with Crippen LogP contribution < -0.4 is 0 Å². The zero-order valence-corrected chi connectivity index (χ0v) is 11.1.